The third-order valence-corrected chi connectivity index (χ3v) is 2.95. The minimum Gasteiger partial charge on any atom is -0.372 e. The minimum atomic E-state index is -0.596. The number of nitrogens with one attached hydrogen (secondary N) is 2. The van der Waals surface area contributed by atoms with E-state index in [2.05, 4.69) is 15.6 Å². The number of benzene rings is 1. The van der Waals surface area contributed by atoms with E-state index in [4.69, 9.17) is 5.26 Å². The standard InChI is InChI=1S/C15H13FN4O/c1-9-3-4-10(7-17)5-13(9)20-15(21)12-6-11(16)8-19-14(12)18-2/h3-6,8H,1-2H3,(H,18,19)(H,20,21). The molecule has 106 valence electrons. The summed E-state index contributed by atoms with van der Waals surface area (Å²) >= 11 is 0. The molecule has 0 atom stereocenters. The molecule has 1 aromatic carbocycles. The van der Waals surface area contributed by atoms with E-state index in [1.165, 1.54) is 0 Å². The lowest BCUT2D eigenvalue weighted by atomic mass is 10.1. The number of rotatable bonds is 3. The van der Waals surface area contributed by atoms with Crippen molar-refractivity contribution in [2.45, 2.75) is 6.92 Å². The number of pyridine rings is 1. The molecule has 0 aliphatic heterocycles. The van der Waals surface area contributed by atoms with Crippen molar-refractivity contribution in [1.29, 1.82) is 5.26 Å². The van der Waals surface area contributed by atoms with Crippen molar-refractivity contribution in [2.75, 3.05) is 17.7 Å². The summed E-state index contributed by atoms with van der Waals surface area (Å²) in [4.78, 5) is 16.1. The number of carbonyl (C=O) groups excluding carboxylic acids is 1. The van der Waals surface area contributed by atoms with Crippen LogP contribution in [-0.4, -0.2) is 17.9 Å². The van der Waals surface area contributed by atoms with Crippen LogP contribution in [0.4, 0.5) is 15.9 Å². The summed E-state index contributed by atoms with van der Waals surface area (Å²) < 4.78 is 13.3. The van der Waals surface area contributed by atoms with E-state index in [0.717, 1.165) is 17.8 Å². The first-order valence-corrected chi connectivity index (χ1v) is 6.20. The molecule has 6 heteroatoms. The number of carbonyl (C=O) groups is 1. The zero-order valence-corrected chi connectivity index (χ0v) is 11.6. The van der Waals surface area contributed by atoms with Crippen LogP contribution in [0.2, 0.25) is 0 Å². The second kappa shape index (κ2) is 6.01. The van der Waals surface area contributed by atoms with E-state index in [-0.39, 0.29) is 11.4 Å². The van der Waals surface area contributed by atoms with Crippen LogP contribution in [0.5, 0.6) is 0 Å². The van der Waals surface area contributed by atoms with Crippen LogP contribution in [0, 0.1) is 24.1 Å². The van der Waals surface area contributed by atoms with Gasteiger partial charge in [0.1, 0.15) is 11.6 Å². The highest BCUT2D eigenvalue weighted by Gasteiger charge is 2.14. The quantitative estimate of drug-likeness (QED) is 0.908. The molecule has 0 saturated heterocycles. The van der Waals surface area contributed by atoms with Crippen LogP contribution >= 0.6 is 0 Å². The number of hydrogen-bond donors (Lipinski definition) is 2. The number of nitriles is 1. The molecule has 0 radical (unpaired) electrons. The molecule has 0 saturated carbocycles. The van der Waals surface area contributed by atoms with E-state index < -0.39 is 11.7 Å². The lowest BCUT2D eigenvalue weighted by Gasteiger charge is -2.11. The third-order valence-electron chi connectivity index (χ3n) is 2.95. The van der Waals surface area contributed by atoms with Crippen molar-refractivity contribution < 1.29 is 9.18 Å². The Labute approximate surface area is 121 Å². The van der Waals surface area contributed by atoms with Gasteiger partial charge < -0.3 is 10.6 Å². The van der Waals surface area contributed by atoms with Crippen LogP contribution in [0.3, 0.4) is 0 Å². The number of nitrogens with zero attached hydrogens (tertiary/aromatic N) is 2. The fourth-order valence-corrected chi connectivity index (χ4v) is 1.83. The summed E-state index contributed by atoms with van der Waals surface area (Å²) in [6.45, 7) is 1.81. The fraction of sp³-hybridized carbons (Fsp3) is 0.133. The number of halogens is 1. The molecule has 0 bridgehead atoms. The molecule has 1 amide bonds. The largest absolute Gasteiger partial charge is 0.372 e. The van der Waals surface area contributed by atoms with Crippen LogP contribution in [0.15, 0.2) is 30.5 Å². The van der Waals surface area contributed by atoms with Gasteiger partial charge in [0.2, 0.25) is 0 Å². The van der Waals surface area contributed by atoms with Crippen molar-refractivity contribution >= 4 is 17.4 Å². The van der Waals surface area contributed by atoms with Crippen molar-refractivity contribution in [3.8, 4) is 6.07 Å². The van der Waals surface area contributed by atoms with Gasteiger partial charge in [-0.25, -0.2) is 9.37 Å². The molecule has 2 N–H and O–H groups in total. The van der Waals surface area contributed by atoms with Gasteiger partial charge in [-0.1, -0.05) is 6.07 Å². The minimum absolute atomic E-state index is 0.0965. The first-order valence-electron chi connectivity index (χ1n) is 6.20. The summed E-state index contributed by atoms with van der Waals surface area (Å²) in [6, 6.07) is 8.07. The van der Waals surface area contributed by atoms with Crippen molar-refractivity contribution in [3.63, 3.8) is 0 Å². The molecule has 2 aromatic rings. The van der Waals surface area contributed by atoms with Gasteiger partial charge in [0.15, 0.2) is 0 Å². The summed E-state index contributed by atoms with van der Waals surface area (Å²) in [5.41, 5.74) is 1.84. The molecule has 0 spiro atoms. The summed E-state index contributed by atoms with van der Waals surface area (Å²) in [5, 5.41) is 14.3. The zero-order valence-electron chi connectivity index (χ0n) is 11.6. The number of anilines is 2. The van der Waals surface area contributed by atoms with Crippen molar-refractivity contribution in [1.82, 2.24) is 4.98 Å². The number of amides is 1. The van der Waals surface area contributed by atoms with Gasteiger partial charge in [-0.3, -0.25) is 4.79 Å². The summed E-state index contributed by atoms with van der Waals surface area (Å²) in [6.07, 6.45) is 1.03. The highest BCUT2D eigenvalue weighted by molar-refractivity contribution is 6.07. The van der Waals surface area contributed by atoms with Crippen LogP contribution in [0.1, 0.15) is 21.5 Å². The van der Waals surface area contributed by atoms with E-state index in [0.29, 0.717) is 11.3 Å². The van der Waals surface area contributed by atoms with E-state index in [9.17, 15) is 9.18 Å². The van der Waals surface area contributed by atoms with Gasteiger partial charge in [-0.15, -0.1) is 0 Å². The first kappa shape index (κ1) is 14.5. The molecule has 0 fully saturated rings. The number of aryl methyl sites for hydroxylation is 1. The average molecular weight is 284 g/mol. The SMILES string of the molecule is CNc1ncc(F)cc1C(=O)Nc1cc(C#N)ccc1C. The number of hydrogen-bond acceptors (Lipinski definition) is 4. The molecular formula is C15H13FN4O. The second-order valence-corrected chi connectivity index (χ2v) is 4.40. The molecular weight excluding hydrogens is 271 g/mol. The first-order chi connectivity index (χ1) is 10.0. The molecule has 21 heavy (non-hydrogen) atoms. The molecule has 0 unspecified atom stereocenters. The van der Waals surface area contributed by atoms with Gasteiger partial charge in [-0.05, 0) is 30.7 Å². The Bertz CT molecular complexity index is 737. The Morgan fingerprint density at radius 3 is 2.81 bits per heavy atom. The predicted octanol–water partition coefficient (Wildman–Crippen LogP) is 2.69. The van der Waals surface area contributed by atoms with Crippen LogP contribution in [0.25, 0.3) is 0 Å². The zero-order chi connectivity index (χ0) is 15.4. The van der Waals surface area contributed by atoms with E-state index >= 15 is 0 Å². The Morgan fingerprint density at radius 1 is 1.38 bits per heavy atom. The van der Waals surface area contributed by atoms with E-state index in [1.54, 1.807) is 32.2 Å². The van der Waals surface area contributed by atoms with E-state index in [1.807, 2.05) is 6.07 Å². The van der Waals surface area contributed by atoms with Crippen molar-refractivity contribution in [3.05, 3.63) is 53.0 Å². The molecule has 0 aliphatic rings. The smallest absolute Gasteiger partial charge is 0.259 e. The topological polar surface area (TPSA) is 77.8 Å². The maximum Gasteiger partial charge on any atom is 0.259 e. The average Bonchev–Trinajstić information content (AvgIpc) is 2.49. The monoisotopic (exact) mass is 284 g/mol. The van der Waals surface area contributed by atoms with Gasteiger partial charge in [-0.2, -0.15) is 5.26 Å². The Hall–Kier alpha value is -2.94. The fourth-order valence-electron chi connectivity index (χ4n) is 1.83. The Morgan fingerprint density at radius 2 is 2.14 bits per heavy atom. The van der Waals surface area contributed by atoms with Gasteiger partial charge >= 0.3 is 0 Å². The maximum atomic E-state index is 13.3. The highest BCUT2D eigenvalue weighted by Crippen LogP contribution is 2.20. The molecule has 1 aromatic heterocycles. The lowest BCUT2D eigenvalue weighted by Crippen LogP contribution is -2.16. The Balaban J connectivity index is 2.35. The third kappa shape index (κ3) is 3.15. The molecule has 1 heterocycles. The maximum absolute atomic E-state index is 13.3. The summed E-state index contributed by atoms with van der Waals surface area (Å²) in [5.74, 6) is -0.811. The van der Waals surface area contributed by atoms with Crippen LogP contribution in [-0.2, 0) is 0 Å². The number of aromatic nitrogens is 1. The van der Waals surface area contributed by atoms with Crippen LogP contribution < -0.4 is 10.6 Å². The Kier molecular flexibility index (Phi) is 4.14. The van der Waals surface area contributed by atoms with Crippen molar-refractivity contribution in [2.24, 2.45) is 0 Å². The summed E-state index contributed by atoms with van der Waals surface area (Å²) in [7, 11) is 1.60. The van der Waals surface area contributed by atoms with Gasteiger partial charge in [0.05, 0.1) is 23.4 Å². The lowest BCUT2D eigenvalue weighted by molar-refractivity contribution is 0.102. The van der Waals surface area contributed by atoms with Gasteiger partial charge in [0, 0.05) is 12.7 Å². The normalized spacial score (nSPS) is 9.81. The predicted molar refractivity (Wildman–Crippen MR) is 77.6 cm³/mol. The second-order valence-electron chi connectivity index (χ2n) is 4.40. The molecule has 2 rings (SSSR count). The van der Waals surface area contributed by atoms with Gasteiger partial charge in [0.25, 0.3) is 5.91 Å². The molecule has 0 aliphatic carbocycles. The highest BCUT2D eigenvalue weighted by atomic mass is 19.1. The molecule has 5 nitrogen and oxygen atoms in total.